The summed E-state index contributed by atoms with van der Waals surface area (Å²) in [5.74, 6) is -0.985. The Morgan fingerprint density at radius 1 is 1.12 bits per heavy atom. The van der Waals surface area contributed by atoms with Crippen molar-refractivity contribution >= 4 is 23.6 Å². The summed E-state index contributed by atoms with van der Waals surface area (Å²) >= 11 is 0. The number of Topliss-reactive ketones (excluding diaryl/α,β-unsaturated/α-hetero) is 1. The van der Waals surface area contributed by atoms with E-state index < -0.39 is 11.9 Å². The second-order valence-corrected chi connectivity index (χ2v) is 7.65. The van der Waals surface area contributed by atoms with Crippen LogP contribution in [0.4, 0.5) is 4.79 Å². The zero-order valence-corrected chi connectivity index (χ0v) is 15.4. The average Bonchev–Trinajstić information content (AvgIpc) is 3.21. The van der Waals surface area contributed by atoms with E-state index in [9.17, 15) is 19.2 Å². The van der Waals surface area contributed by atoms with Gasteiger partial charge in [0.2, 0.25) is 11.8 Å². The third-order valence-electron chi connectivity index (χ3n) is 5.89. The minimum absolute atomic E-state index is 0.0610. The minimum atomic E-state index is -0.528. The number of ketones is 1. The number of nitrogens with zero attached hydrogens (tertiary/aromatic N) is 3. The Morgan fingerprint density at radius 2 is 1.81 bits per heavy atom. The molecular weight excluding hydrogens is 336 g/mol. The highest BCUT2D eigenvalue weighted by Gasteiger charge is 2.51. The molecule has 2 N–H and O–H groups in total. The summed E-state index contributed by atoms with van der Waals surface area (Å²) in [6.45, 7) is 3.76. The molecule has 0 aromatic heterocycles. The summed E-state index contributed by atoms with van der Waals surface area (Å²) in [6.07, 6.45) is 4.36. The number of likely N-dealkylation sites (tertiary alicyclic amines) is 3. The molecule has 3 rings (SSSR count). The van der Waals surface area contributed by atoms with E-state index >= 15 is 0 Å². The Hall–Kier alpha value is -2.12. The van der Waals surface area contributed by atoms with Gasteiger partial charge in [-0.25, -0.2) is 4.79 Å². The number of carbonyl (C=O) groups excluding carboxylic acids is 4. The van der Waals surface area contributed by atoms with Crippen LogP contribution < -0.4 is 5.73 Å². The lowest BCUT2D eigenvalue weighted by Gasteiger charge is -2.33. The first-order valence-electron chi connectivity index (χ1n) is 9.57. The van der Waals surface area contributed by atoms with E-state index in [1.807, 2.05) is 4.90 Å². The first-order valence-corrected chi connectivity index (χ1v) is 9.57. The van der Waals surface area contributed by atoms with Gasteiger partial charge in [-0.2, -0.15) is 0 Å². The van der Waals surface area contributed by atoms with Gasteiger partial charge in [-0.3, -0.25) is 14.4 Å². The second-order valence-electron chi connectivity index (χ2n) is 7.65. The van der Waals surface area contributed by atoms with E-state index in [1.54, 1.807) is 16.7 Å². The Kier molecular flexibility index (Phi) is 5.48. The van der Waals surface area contributed by atoms with Crippen LogP contribution in [-0.2, 0) is 14.4 Å². The first-order chi connectivity index (χ1) is 12.4. The molecule has 3 aliphatic heterocycles. The second kappa shape index (κ2) is 7.63. The molecule has 0 saturated carbocycles. The minimum Gasteiger partial charge on any atom is -0.369 e. The molecule has 0 bridgehead atoms. The van der Waals surface area contributed by atoms with Gasteiger partial charge < -0.3 is 20.4 Å². The molecule has 3 saturated heterocycles. The van der Waals surface area contributed by atoms with Gasteiger partial charge in [0.05, 0.1) is 12.6 Å². The maximum Gasteiger partial charge on any atom is 0.320 e. The molecule has 3 heterocycles. The fourth-order valence-electron chi connectivity index (χ4n) is 4.25. The topological polar surface area (TPSA) is 104 Å². The number of primary amides is 1. The summed E-state index contributed by atoms with van der Waals surface area (Å²) in [4.78, 5) is 54.1. The van der Waals surface area contributed by atoms with Crippen LogP contribution in [-0.4, -0.2) is 76.6 Å². The predicted molar refractivity (Wildman–Crippen MR) is 94.0 cm³/mol. The predicted octanol–water partition coefficient (Wildman–Crippen LogP) is 0.348. The molecule has 3 unspecified atom stereocenters. The van der Waals surface area contributed by atoms with E-state index in [-0.39, 0.29) is 42.6 Å². The Morgan fingerprint density at radius 3 is 2.46 bits per heavy atom. The summed E-state index contributed by atoms with van der Waals surface area (Å²) in [5.41, 5.74) is 5.24. The van der Waals surface area contributed by atoms with Crippen molar-refractivity contribution in [2.24, 2.45) is 11.7 Å². The normalized spacial score (nSPS) is 26.8. The Labute approximate surface area is 153 Å². The number of amides is 4. The molecule has 0 aliphatic carbocycles. The van der Waals surface area contributed by atoms with Gasteiger partial charge in [0, 0.05) is 32.0 Å². The quantitative estimate of drug-likeness (QED) is 0.777. The van der Waals surface area contributed by atoms with Crippen LogP contribution in [0.2, 0.25) is 0 Å². The number of fused-ring (bicyclic) bond motifs is 1. The average molecular weight is 364 g/mol. The van der Waals surface area contributed by atoms with E-state index in [4.69, 9.17) is 5.73 Å². The molecule has 4 amide bonds. The number of hydrogen-bond acceptors (Lipinski definition) is 4. The van der Waals surface area contributed by atoms with E-state index in [0.29, 0.717) is 19.4 Å². The smallest absolute Gasteiger partial charge is 0.320 e. The van der Waals surface area contributed by atoms with Gasteiger partial charge in [0.1, 0.15) is 6.04 Å². The number of piperidine rings is 1. The lowest BCUT2D eigenvalue weighted by molar-refractivity contribution is -0.136. The number of carbonyl (C=O) groups is 4. The number of rotatable bonds is 4. The highest BCUT2D eigenvalue weighted by atomic mass is 16.2. The van der Waals surface area contributed by atoms with Crippen molar-refractivity contribution in [3.8, 4) is 0 Å². The van der Waals surface area contributed by atoms with Crippen LogP contribution in [0.15, 0.2) is 0 Å². The number of urea groups is 1. The zero-order valence-electron chi connectivity index (χ0n) is 15.4. The van der Waals surface area contributed by atoms with Crippen molar-refractivity contribution in [1.82, 2.24) is 14.7 Å². The molecule has 8 nitrogen and oxygen atoms in total. The van der Waals surface area contributed by atoms with Crippen molar-refractivity contribution in [3.05, 3.63) is 0 Å². The summed E-state index contributed by atoms with van der Waals surface area (Å²) in [6, 6.07) is -0.809. The molecule has 144 valence electrons. The maximum atomic E-state index is 12.8. The van der Waals surface area contributed by atoms with Crippen molar-refractivity contribution in [1.29, 1.82) is 0 Å². The number of hydrogen-bond donors (Lipinski definition) is 1. The molecule has 3 aliphatic rings. The van der Waals surface area contributed by atoms with Crippen LogP contribution in [0, 0.1) is 5.92 Å². The van der Waals surface area contributed by atoms with Crippen molar-refractivity contribution in [2.75, 3.05) is 26.2 Å². The van der Waals surface area contributed by atoms with Crippen molar-refractivity contribution in [3.63, 3.8) is 0 Å². The van der Waals surface area contributed by atoms with E-state index in [1.165, 1.54) is 0 Å². The molecule has 0 spiro atoms. The van der Waals surface area contributed by atoms with Gasteiger partial charge >= 0.3 is 6.03 Å². The Bertz CT molecular complexity index is 602. The molecule has 3 atom stereocenters. The van der Waals surface area contributed by atoms with Crippen LogP contribution in [0.1, 0.15) is 45.4 Å². The highest BCUT2D eigenvalue weighted by molar-refractivity contribution is 5.97. The molecule has 3 fully saturated rings. The fourth-order valence-corrected chi connectivity index (χ4v) is 4.25. The van der Waals surface area contributed by atoms with Crippen LogP contribution >= 0.6 is 0 Å². The summed E-state index contributed by atoms with van der Waals surface area (Å²) < 4.78 is 0. The summed E-state index contributed by atoms with van der Waals surface area (Å²) in [7, 11) is 0. The lowest BCUT2D eigenvalue weighted by Crippen LogP contribution is -2.48. The van der Waals surface area contributed by atoms with Gasteiger partial charge in [0.25, 0.3) is 0 Å². The van der Waals surface area contributed by atoms with Gasteiger partial charge in [-0.1, -0.05) is 6.92 Å². The molecule has 0 aromatic rings. The van der Waals surface area contributed by atoms with Crippen LogP contribution in [0.5, 0.6) is 0 Å². The third-order valence-corrected chi connectivity index (χ3v) is 5.89. The highest BCUT2D eigenvalue weighted by Crippen LogP contribution is 2.31. The first kappa shape index (κ1) is 18.7. The fraction of sp³-hybridized carbons (Fsp3) is 0.778. The maximum absolute atomic E-state index is 12.8. The lowest BCUT2D eigenvalue weighted by atomic mass is 10.0. The molecule has 0 aromatic carbocycles. The van der Waals surface area contributed by atoms with Crippen molar-refractivity contribution < 1.29 is 19.2 Å². The van der Waals surface area contributed by atoms with Crippen LogP contribution in [0.3, 0.4) is 0 Å². The van der Waals surface area contributed by atoms with Crippen LogP contribution in [0.25, 0.3) is 0 Å². The summed E-state index contributed by atoms with van der Waals surface area (Å²) in [5, 5.41) is 0. The largest absolute Gasteiger partial charge is 0.369 e. The van der Waals surface area contributed by atoms with Crippen molar-refractivity contribution in [2.45, 2.75) is 57.5 Å². The Balaban J connectivity index is 1.62. The number of nitrogens with two attached hydrogens (primary N) is 1. The standard InChI is InChI=1S/C18H28N4O4/c1-12(17(19)25)5-6-15(24)21-10-7-13-16(21)14(23)11-22(13)18(26)20-8-3-2-4-9-20/h12-13,16H,2-11H2,1H3,(H2,19,25). The van der Waals surface area contributed by atoms with Gasteiger partial charge in [-0.05, 0) is 32.1 Å². The van der Waals surface area contributed by atoms with Gasteiger partial charge in [-0.15, -0.1) is 0 Å². The van der Waals surface area contributed by atoms with E-state index in [0.717, 1.165) is 32.4 Å². The van der Waals surface area contributed by atoms with E-state index in [2.05, 4.69) is 0 Å². The molecule has 26 heavy (non-hydrogen) atoms. The SMILES string of the molecule is CC(CCC(=O)N1CCC2C1C(=O)CN2C(=O)N1CCCCC1)C(N)=O. The third kappa shape index (κ3) is 3.54. The molecular formula is C18H28N4O4. The zero-order chi connectivity index (χ0) is 18.8. The monoisotopic (exact) mass is 364 g/mol. The molecule has 0 radical (unpaired) electrons. The van der Waals surface area contributed by atoms with Gasteiger partial charge in [0.15, 0.2) is 5.78 Å². The molecule has 8 heteroatoms.